The highest BCUT2D eigenvalue weighted by atomic mass is 32.4. The van der Waals surface area contributed by atoms with Gasteiger partial charge in [0.15, 0.2) is 0 Å². The van der Waals surface area contributed by atoms with Gasteiger partial charge in [-0.2, -0.15) is 0 Å². The first kappa shape index (κ1) is 6.09. The van der Waals surface area contributed by atoms with Crippen molar-refractivity contribution in [3.8, 4) is 0 Å². The van der Waals surface area contributed by atoms with E-state index in [1.165, 1.54) is 0 Å². The lowest BCUT2D eigenvalue weighted by Gasteiger charge is -2.42. The maximum atomic E-state index is 2.60. The third kappa shape index (κ3) is 0.366. The molecule has 0 unspecified atom stereocenters. The molecule has 0 atom stereocenters. The largest absolute Gasteiger partial charge is 0.272 e. The summed E-state index contributed by atoms with van der Waals surface area (Å²) in [5.74, 6) is 4.72. The van der Waals surface area contributed by atoms with Crippen molar-refractivity contribution in [1.29, 1.82) is 0 Å². The Labute approximate surface area is 57.3 Å². The Morgan fingerprint density at radius 2 is 1.44 bits per heavy atom. The number of rotatable bonds is 0. The van der Waals surface area contributed by atoms with Gasteiger partial charge in [-0.05, 0) is 34.5 Å². The van der Waals surface area contributed by atoms with Gasteiger partial charge in [0.2, 0.25) is 0 Å². The highest BCUT2D eigenvalue weighted by molar-refractivity contribution is 8.74. The van der Waals surface area contributed by atoms with Gasteiger partial charge in [-0.1, -0.05) is 13.8 Å². The molecule has 0 aromatic rings. The monoisotopic (exact) mass is 146 g/mol. The van der Waals surface area contributed by atoms with E-state index in [0.29, 0.717) is 0 Å². The van der Waals surface area contributed by atoms with Crippen molar-refractivity contribution < 1.29 is 0 Å². The molecule has 0 radical (unpaired) electrons. The van der Waals surface area contributed by atoms with Crippen molar-refractivity contribution in [3.05, 3.63) is 0 Å². The molecule has 0 aromatic carbocycles. The molecule has 2 rings (SSSR count). The molecule has 2 aliphatic rings. The average Bonchev–Trinajstić information content (AvgIpc) is 2.21. The van der Waals surface area contributed by atoms with Crippen LogP contribution < -0.4 is 0 Å². The molecule has 1 heteroatoms. The van der Waals surface area contributed by atoms with Crippen LogP contribution in [0.15, 0.2) is 0 Å². The minimum absolute atomic E-state index is 0.750. The summed E-state index contributed by atoms with van der Waals surface area (Å²) in [6.45, 7) is 4.92. The van der Waals surface area contributed by atoms with Gasteiger partial charge in [0.05, 0.1) is 0 Å². The second kappa shape index (κ2) is 0.761. The fraction of sp³-hybridized carbons (Fsp3) is 1.00. The van der Waals surface area contributed by atoms with Crippen LogP contribution in [0.2, 0.25) is 0 Å². The van der Waals surface area contributed by atoms with Crippen molar-refractivity contribution in [3.63, 3.8) is 0 Å². The van der Waals surface area contributed by atoms with Gasteiger partial charge >= 0.3 is 0 Å². The van der Waals surface area contributed by atoms with Crippen LogP contribution in [-0.2, 0) is 0 Å². The SMILES string of the molecule is CC1(C)CS12(C)(C)CC2. The molecule has 0 bridgehead atoms. The van der Waals surface area contributed by atoms with Crippen molar-refractivity contribution in [2.45, 2.75) is 18.6 Å². The first-order valence-electron chi connectivity index (χ1n) is 3.74. The third-order valence-corrected chi connectivity index (χ3v) is 13.8. The van der Waals surface area contributed by atoms with E-state index in [9.17, 15) is 0 Å². The van der Waals surface area contributed by atoms with Crippen LogP contribution in [0.3, 0.4) is 0 Å². The maximum Gasteiger partial charge on any atom is -0.00980 e. The second-order valence-electron chi connectivity index (χ2n) is 5.91. The average molecular weight is 146 g/mol. The molecule has 0 N–H and O–H groups in total. The van der Waals surface area contributed by atoms with E-state index in [1.54, 1.807) is 17.3 Å². The summed E-state index contributed by atoms with van der Waals surface area (Å²) in [6, 6.07) is 0. The standard InChI is InChI=1S/C8H18S/c1-8(2)7-9(8,3,4)5-6-9/h5-7H2,1-4H3. The summed E-state index contributed by atoms with van der Waals surface area (Å²) in [4.78, 5) is 0. The van der Waals surface area contributed by atoms with Crippen molar-refractivity contribution in [2.75, 3.05) is 29.8 Å². The highest BCUT2D eigenvalue weighted by Crippen LogP contribution is 3.13. The zero-order valence-electron chi connectivity index (χ0n) is 7.03. The summed E-state index contributed by atoms with van der Waals surface area (Å²) >= 11 is 0. The number of hydrogen-bond acceptors (Lipinski definition) is 0. The minimum atomic E-state index is -1.22. The van der Waals surface area contributed by atoms with Gasteiger partial charge in [0, 0.05) is 0 Å². The Kier molecular flexibility index (Phi) is 0.514. The molecular weight excluding hydrogens is 128 g/mol. The lowest BCUT2D eigenvalue weighted by atomic mass is 10.3. The van der Waals surface area contributed by atoms with Gasteiger partial charge in [-0.15, -0.1) is 0 Å². The lowest BCUT2D eigenvalue weighted by molar-refractivity contribution is 0.899. The van der Waals surface area contributed by atoms with Gasteiger partial charge in [-0.25, -0.2) is 0 Å². The van der Waals surface area contributed by atoms with Gasteiger partial charge < -0.3 is 0 Å². The molecule has 1 spiro atoms. The van der Waals surface area contributed by atoms with E-state index >= 15 is 0 Å². The van der Waals surface area contributed by atoms with Crippen molar-refractivity contribution >= 4 is 8.29 Å². The zero-order valence-corrected chi connectivity index (χ0v) is 7.85. The Morgan fingerprint density at radius 1 is 1.11 bits per heavy atom. The highest BCUT2D eigenvalue weighted by Gasteiger charge is 2.85. The van der Waals surface area contributed by atoms with Crippen LogP contribution >= 0.6 is 8.29 Å². The molecule has 0 nitrogen and oxygen atoms in total. The van der Waals surface area contributed by atoms with E-state index in [4.69, 9.17) is 0 Å². The van der Waals surface area contributed by atoms with Crippen LogP contribution in [0.4, 0.5) is 0 Å². The topological polar surface area (TPSA) is 0 Å². The maximum absolute atomic E-state index is 2.60. The number of hydrogen-bond donors (Lipinski definition) is 0. The predicted molar refractivity (Wildman–Crippen MR) is 48.1 cm³/mol. The van der Waals surface area contributed by atoms with Gasteiger partial charge in [0.25, 0.3) is 0 Å². The van der Waals surface area contributed by atoms with Crippen LogP contribution in [0, 0.1) is 0 Å². The summed E-state index contributed by atoms with van der Waals surface area (Å²) in [5, 5.41) is 0. The zero-order chi connectivity index (χ0) is 7.03. The van der Waals surface area contributed by atoms with Crippen LogP contribution in [0.25, 0.3) is 0 Å². The molecule has 2 saturated heterocycles. The molecule has 0 amide bonds. The van der Waals surface area contributed by atoms with Crippen molar-refractivity contribution in [2.24, 2.45) is 0 Å². The van der Waals surface area contributed by atoms with E-state index in [2.05, 4.69) is 26.4 Å². The first-order chi connectivity index (χ1) is 3.74. The van der Waals surface area contributed by atoms with Crippen molar-refractivity contribution in [1.82, 2.24) is 0 Å². The molecule has 9 heavy (non-hydrogen) atoms. The molecule has 0 saturated carbocycles. The Hall–Kier alpha value is 0.350. The molecule has 56 valence electrons. The normalized spacial score (nSPS) is 52.0. The van der Waals surface area contributed by atoms with Crippen LogP contribution in [-0.4, -0.2) is 34.5 Å². The van der Waals surface area contributed by atoms with Crippen LogP contribution in [0.5, 0.6) is 0 Å². The summed E-state index contributed by atoms with van der Waals surface area (Å²) < 4.78 is 0.750. The van der Waals surface area contributed by atoms with Gasteiger partial charge in [-0.3, -0.25) is 8.29 Å². The fourth-order valence-electron chi connectivity index (χ4n) is 2.30. The fourth-order valence-corrected chi connectivity index (χ4v) is 9.70. The summed E-state index contributed by atoms with van der Waals surface area (Å²) in [5.41, 5.74) is 0. The molecule has 0 aliphatic carbocycles. The predicted octanol–water partition coefficient (Wildman–Crippen LogP) is 1.93. The van der Waals surface area contributed by atoms with Crippen LogP contribution in [0.1, 0.15) is 13.8 Å². The molecule has 2 heterocycles. The van der Waals surface area contributed by atoms with Gasteiger partial charge in [0.1, 0.15) is 0 Å². The lowest BCUT2D eigenvalue weighted by Crippen LogP contribution is -2.10. The smallest absolute Gasteiger partial charge is 0.00980 e. The summed E-state index contributed by atoms with van der Waals surface area (Å²) in [7, 11) is -1.22. The third-order valence-electron chi connectivity index (χ3n) is 4.61. The van der Waals surface area contributed by atoms with E-state index in [1.807, 2.05) is 0 Å². The van der Waals surface area contributed by atoms with E-state index in [-0.39, 0.29) is 0 Å². The molecule has 2 aliphatic heterocycles. The Balaban J connectivity index is 2.53. The first-order valence-corrected chi connectivity index (χ1v) is 7.51. The second-order valence-corrected chi connectivity index (χ2v) is 15.3. The van der Waals surface area contributed by atoms with E-state index < -0.39 is 8.29 Å². The summed E-state index contributed by atoms with van der Waals surface area (Å²) in [6.07, 6.45) is 5.19. The molecule has 0 aromatic heterocycles. The quantitative estimate of drug-likeness (QED) is 0.458. The Morgan fingerprint density at radius 3 is 1.44 bits per heavy atom. The molecular formula is C8H18S. The minimum Gasteiger partial charge on any atom is -0.272 e. The van der Waals surface area contributed by atoms with E-state index in [0.717, 1.165) is 4.75 Å². The Bertz CT molecular complexity index is 203. The molecule has 2 fully saturated rings.